The summed E-state index contributed by atoms with van der Waals surface area (Å²) in [5, 5.41) is 14.1. The monoisotopic (exact) mass is 303 g/mol. The lowest BCUT2D eigenvalue weighted by Gasteiger charge is -2.18. The molecule has 3 nitrogen and oxygen atoms in total. The Kier molecular flexibility index (Phi) is 5.48. The maximum atomic E-state index is 4.33. The van der Waals surface area contributed by atoms with Crippen molar-refractivity contribution in [2.24, 2.45) is 0 Å². The number of aromatic nitrogens is 2. The van der Waals surface area contributed by atoms with Crippen LogP contribution in [0, 0.1) is 0 Å². The number of benzene rings is 1. The molecule has 0 saturated heterocycles. The predicted octanol–water partition coefficient (Wildman–Crippen LogP) is 4.04. The van der Waals surface area contributed by atoms with Gasteiger partial charge in [-0.15, -0.1) is 10.2 Å². The van der Waals surface area contributed by atoms with Crippen LogP contribution in [-0.4, -0.2) is 23.3 Å². The van der Waals surface area contributed by atoms with Gasteiger partial charge in [0.25, 0.3) is 0 Å². The topological polar surface area (TPSA) is 37.8 Å². The number of rotatable bonds is 6. The molecule has 0 amide bonds. The van der Waals surface area contributed by atoms with Gasteiger partial charge in [-0.3, -0.25) is 0 Å². The van der Waals surface area contributed by atoms with Gasteiger partial charge in [0.15, 0.2) is 0 Å². The molecule has 114 valence electrons. The summed E-state index contributed by atoms with van der Waals surface area (Å²) in [5.41, 5.74) is 2.71. The standard InChI is InChI=1S/C17H25N3S/c1-5-18-12-6-7-15-19-20-16(21-15)13-8-10-14(11-9-13)17(2,3)4/h8-11,18H,5-7,12H2,1-4H3. The largest absolute Gasteiger partial charge is 0.317 e. The molecule has 1 heterocycles. The predicted molar refractivity (Wildman–Crippen MR) is 90.9 cm³/mol. The normalized spacial score (nSPS) is 11.8. The quantitative estimate of drug-likeness (QED) is 0.818. The summed E-state index contributed by atoms with van der Waals surface area (Å²) in [5.74, 6) is 0. The maximum Gasteiger partial charge on any atom is 0.147 e. The van der Waals surface area contributed by atoms with Gasteiger partial charge in [0, 0.05) is 12.0 Å². The van der Waals surface area contributed by atoms with Crippen LogP contribution >= 0.6 is 11.3 Å². The van der Waals surface area contributed by atoms with Gasteiger partial charge in [-0.1, -0.05) is 63.3 Å². The second kappa shape index (κ2) is 7.14. The van der Waals surface area contributed by atoms with Crippen molar-refractivity contribution in [2.45, 2.75) is 46.0 Å². The van der Waals surface area contributed by atoms with Crippen molar-refractivity contribution in [1.82, 2.24) is 15.5 Å². The zero-order valence-electron chi connectivity index (χ0n) is 13.4. The molecule has 0 spiro atoms. The third-order valence-electron chi connectivity index (χ3n) is 3.46. The average Bonchev–Trinajstić information content (AvgIpc) is 2.92. The number of hydrogen-bond donors (Lipinski definition) is 1. The second-order valence-corrected chi connectivity index (χ2v) is 7.35. The lowest BCUT2D eigenvalue weighted by atomic mass is 9.87. The average molecular weight is 303 g/mol. The Morgan fingerprint density at radius 1 is 1.10 bits per heavy atom. The van der Waals surface area contributed by atoms with E-state index in [0.717, 1.165) is 35.9 Å². The summed E-state index contributed by atoms with van der Waals surface area (Å²) in [4.78, 5) is 0. The van der Waals surface area contributed by atoms with Gasteiger partial charge in [-0.25, -0.2) is 0 Å². The first-order valence-corrected chi connectivity index (χ1v) is 8.46. The Bertz CT molecular complexity index is 552. The summed E-state index contributed by atoms with van der Waals surface area (Å²) >= 11 is 1.71. The number of aryl methyl sites for hydroxylation is 1. The van der Waals surface area contributed by atoms with E-state index in [2.05, 4.69) is 67.5 Å². The highest BCUT2D eigenvalue weighted by molar-refractivity contribution is 7.14. The van der Waals surface area contributed by atoms with Crippen LogP contribution in [0.4, 0.5) is 0 Å². The van der Waals surface area contributed by atoms with E-state index in [1.54, 1.807) is 11.3 Å². The van der Waals surface area contributed by atoms with Gasteiger partial charge in [0.1, 0.15) is 10.0 Å². The summed E-state index contributed by atoms with van der Waals surface area (Å²) in [6.07, 6.45) is 2.12. The molecule has 21 heavy (non-hydrogen) atoms. The molecule has 0 aliphatic rings. The Labute approximate surface area is 131 Å². The van der Waals surface area contributed by atoms with Crippen LogP contribution in [0.5, 0.6) is 0 Å². The minimum Gasteiger partial charge on any atom is -0.317 e. The van der Waals surface area contributed by atoms with E-state index in [1.807, 2.05) is 0 Å². The van der Waals surface area contributed by atoms with Crippen molar-refractivity contribution in [3.63, 3.8) is 0 Å². The van der Waals surface area contributed by atoms with Crippen LogP contribution in [0.25, 0.3) is 10.6 Å². The SMILES string of the molecule is CCNCCCc1nnc(-c2ccc(C(C)(C)C)cc2)s1. The molecule has 0 aliphatic carbocycles. The molecule has 0 fully saturated rings. The molecule has 1 N–H and O–H groups in total. The zero-order chi connectivity index (χ0) is 15.3. The number of hydrogen-bond acceptors (Lipinski definition) is 4. The van der Waals surface area contributed by atoms with Crippen LogP contribution in [-0.2, 0) is 11.8 Å². The molecule has 1 aromatic heterocycles. The first-order chi connectivity index (χ1) is 10.0. The first kappa shape index (κ1) is 16.1. The third kappa shape index (κ3) is 4.61. The van der Waals surface area contributed by atoms with Gasteiger partial charge >= 0.3 is 0 Å². The second-order valence-electron chi connectivity index (χ2n) is 6.29. The molecular formula is C17H25N3S. The lowest BCUT2D eigenvalue weighted by molar-refractivity contribution is 0.590. The van der Waals surface area contributed by atoms with E-state index in [4.69, 9.17) is 0 Å². The van der Waals surface area contributed by atoms with Crippen LogP contribution in [0.3, 0.4) is 0 Å². The van der Waals surface area contributed by atoms with Crippen molar-refractivity contribution in [3.8, 4) is 10.6 Å². The number of nitrogens with zero attached hydrogens (tertiary/aromatic N) is 2. The van der Waals surface area contributed by atoms with Crippen molar-refractivity contribution in [1.29, 1.82) is 0 Å². The summed E-state index contributed by atoms with van der Waals surface area (Å²) in [7, 11) is 0. The molecular weight excluding hydrogens is 278 g/mol. The van der Waals surface area contributed by atoms with Gasteiger partial charge in [0.05, 0.1) is 0 Å². The van der Waals surface area contributed by atoms with E-state index in [9.17, 15) is 0 Å². The van der Waals surface area contributed by atoms with Crippen molar-refractivity contribution < 1.29 is 0 Å². The van der Waals surface area contributed by atoms with Gasteiger partial charge < -0.3 is 5.32 Å². The van der Waals surface area contributed by atoms with Gasteiger partial charge in [-0.05, 0) is 30.5 Å². The molecule has 0 aliphatic heterocycles. The molecule has 0 saturated carbocycles. The minimum absolute atomic E-state index is 0.192. The minimum atomic E-state index is 0.192. The van der Waals surface area contributed by atoms with E-state index in [-0.39, 0.29) is 5.41 Å². The molecule has 4 heteroatoms. The van der Waals surface area contributed by atoms with E-state index >= 15 is 0 Å². The van der Waals surface area contributed by atoms with E-state index in [0.29, 0.717) is 0 Å². The fourth-order valence-electron chi connectivity index (χ4n) is 2.13. The molecule has 0 unspecified atom stereocenters. The summed E-state index contributed by atoms with van der Waals surface area (Å²) < 4.78 is 0. The molecule has 0 atom stereocenters. The summed E-state index contributed by atoms with van der Waals surface area (Å²) in [6, 6.07) is 8.70. The Balaban J connectivity index is 2.00. The molecule has 2 rings (SSSR count). The zero-order valence-corrected chi connectivity index (χ0v) is 14.3. The highest BCUT2D eigenvalue weighted by Gasteiger charge is 2.14. The smallest absolute Gasteiger partial charge is 0.147 e. The van der Waals surface area contributed by atoms with E-state index < -0.39 is 0 Å². The Morgan fingerprint density at radius 2 is 1.81 bits per heavy atom. The van der Waals surface area contributed by atoms with Crippen LogP contribution in [0.15, 0.2) is 24.3 Å². The highest BCUT2D eigenvalue weighted by Crippen LogP contribution is 2.28. The fourth-order valence-corrected chi connectivity index (χ4v) is 3.01. The van der Waals surface area contributed by atoms with Crippen molar-refractivity contribution in [2.75, 3.05) is 13.1 Å². The number of nitrogens with one attached hydrogen (secondary N) is 1. The fraction of sp³-hybridized carbons (Fsp3) is 0.529. The lowest BCUT2D eigenvalue weighted by Crippen LogP contribution is -2.14. The van der Waals surface area contributed by atoms with Crippen molar-refractivity contribution >= 4 is 11.3 Å². The van der Waals surface area contributed by atoms with Gasteiger partial charge in [-0.2, -0.15) is 0 Å². The Morgan fingerprint density at radius 3 is 2.43 bits per heavy atom. The molecule has 0 radical (unpaired) electrons. The van der Waals surface area contributed by atoms with Crippen LogP contribution < -0.4 is 5.32 Å². The molecule has 1 aromatic carbocycles. The Hall–Kier alpha value is -1.26. The first-order valence-electron chi connectivity index (χ1n) is 7.64. The van der Waals surface area contributed by atoms with Crippen LogP contribution in [0.2, 0.25) is 0 Å². The van der Waals surface area contributed by atoms with E-state index in [1.165, 1.54) is 11.1 Å². The highest BCUT2D eigenvalue weighted by atomic mass is 32.1. The maximum absolute atomic E-state index is 4.33. The van der Waals surface area contributed by atoms with Crippen molar-refractivity contribution in [3.05, 3.63) is 34.8 Å². The summed E-state index contributed by atoms with van der Waals surface area (Å²) in [6.45, 7) is 10.9. The molecule has 2 aromatic rings. The molecule has 0 bridgehead atoms. The van der Waals surface area contributed by atoms with Crippen LogP contribution in [0.1, 0.15) is 44.7 Å². The van der Waals surface area contributed by atoms with Gasteiger partial charge in [0.2, 0.25) is 0 Å². The third-order valence-corrected chi connectivity index (χ3v) is 4.49.